The summed E-state index contributed by atoms with van der Waals surface area (Å²) in [4.78, 5) is 62.9. The number of rotatable bonds is 12. The molecule has 4 aliphatic rings. The third kappa shape index (κ3) is 9.30. The molecule has 61 heavy (non-hydrogen) atoms. The second-order valence-electron chi connectivity index (χ2n) is 17.0. The van der Waals surface area contributed by atoms with Crippen LogP contribution < -0.4 is 29.6 Å². The largest absolute Gasteiger partial charge is 0.496 e. The fraction of sp³-hybridized carbons (Fsp3) is 0.571. The Morgan fingerprint density at radius 3 is 2.57 bits per heavy atom. The van der Waals surface area contributed by atoms with Crippen LogP contribution in [0.15, 0.2) is 42.6 Å². The lowest BCUT2D eigenvalue weighted by molar-refractivity contribution is -0.141. The summed E-state index contributed by atoms with van der Waals surface area (Å²) in [6.07, 6.45) is 4.90. The number of allylic oxidation sites excluding steroid dienone is 1. The van der Waals surface area contributed by atoms with Gasteiger partial charge in [0.1, 0.15) is 47.5 Å². The van der Waals surface area contributed by atoms with E-state index < -0.39 is 81.0 Å². The van der Waals surface area contributed by atoms with Gasteiger partial charge in [-0.3, -0.25) is 28.6 Å². The van der Waals surface area contributed by atoms with E-state index in [2.05, 4.69) is 20.5 Å². The molecule has 5 atom stereocenters. The number of halogens is 2. The summed E-state index contributed by atoms with van der Waals surface area (Å²) in [5, 5.41) is 10.2. The fourth-order valence-corrected chi connectivity index (χ4v) is 9.37. The standard InChI is InChI=1S/C42H53F2N7O9S/c1-24(2)59-35-20-33(28-13-14-32(58-5)25(3)36(28)46-35)60-27-19-31-38(53)47-42(40(55)49-61(56,57)41(4)16-17-41)21-26(42)11-9-7-6-8-10-12-30(39(54)51(31)22-27)45-37(52)29-15-18-50(48-29)23-34(43)44/h9,11,13-15,18,20,24,26-27,30-31,34H,6-8,10,12,16-17,19,21-23H2,1-5H3,(H,45,52)(H,47,53)(H,49,55)/t26-,27-,30+,31+,42-/m1/s1. The van der Waals surface area contributed by atoms with Crippen LogP contribution in [-0.2, 0) is 31.0 Å². The van der Waals surface area contributed by atoms with Gasteiger partial charge in [-0.15, -0.1) is 0 Å². The summed E-state index contributed by atoms with van der Waals surface area (Å²) in [5.74, 6) is -2.15. The number of sulfonamides is 1. The van der Waals surface area contributed by atoms with Gasteiger partial charge in [0.2, 0.25) is 27.7 Å². The Morgan fingerprint density at radius 1 is 1.10 bits per heavy atom. The molecule has 4 heterocycles. The molecule has 2 aliphatic carbocycles. The van der Waals surface area contributed by atoms with Crippen LogP contribution in [0.1, 0.15) is 94.6 Å². The Kier molecular flexibility index (Phi) is 12.3. The van der Waals surface area contributed by atoms with Crippen molar-refractivity contribution < 1.29 is 50.6 Å². The number of aromatic nitrogens is 3. The van der Waals surface area contributed by atoms with Crippen molar-refractivity contribution in [2.75, 3.05) is 13.7 Å². The normalized spacial score (nSPS) is 25.2. The number of carbonyl (C=O) groups is 4. The number of hydrogen-bond acceptors (Lipinski definition) is 11. The summed E-state index contributed by atoms with van der Waals surface area (Å²) in [6, 6.07) is 4.13. The quantitative estimate of drug-likeness (QED) is 0.219. The first-order chi connectivity index (χ1) is 28.9. The minimum Gasteiger partial charge on any atom is -0.496 e. The van der Waals surface area contributed by atoms with Crippen LogP contribution in [-0.4, -0.2) is 106 Å². The smallest absolute Gasteiger partial charge is 0.272 e. The van der Waals surface area contributed by atoms with Gasteiger partial charge >= 0.3 is 0 Å². The molecule has 1 saturated heterocycles. The van der Waals surface area contributed by atoms with E-state index in [0.29, 0.717) is 60.9 Å². The maximum absolute atomic E-state index is 14.8. The molecule has 2 aliphatic heterocycles. The number of pyridine rings is 1. The number of hydrogen-bond donors (Lipinski definition) is 3. The van der Waals surface area contributed by atoms with E-state index in [9.17, 15) is 36.4 Å². The molecule has 0 bridgehead atoms. The van der Waals surface area contributed by atoms with Crippen LogP contribution in [0.4, 0.5) is 8.78 Å². The van der Waals surface area contributed by atoms with Gasteiger partial charge in [0.25, 0.3) is 18.2 Å². The Bertz CT molecular complexity index is 2330. The molecular weight excluding hydrogens is 817 g/mol. The van der Waals surface area contributed by atoms with Crippen molar-refractivity contribution in [1.29, 1.82) is 0 Å². The van der Waals surface area contributed by atoms with Gasteiger partial charge < -0.3 is 29.7 Å². The highest BCUT2D eigenvalue weighted by molar-refractivity contribution is 7.91. The Morgan fingerprint density at radius 2 is 1.87 bits per heavy atom. The van der Waals surface area contributed by atoms with E-state index >= 15 is 0 Å². The van der Waals surface area contributed by atoms with Crippen molar-refractivity contribution in [3.63, 3.8) is 0 Å². The summed E-state index contributed by atoms with van der Waals surface area (Å²) in [6.45, 7) is 6.31. The molecule has 2 saturated carbocycles. The van der Waals surface area contributed by atoms with E-state index in [1.807, 2.05) is 32.9 Å². The molecule has 7 rings (SSSR count). The van der Waals surface area contributed by atoms with Crippen LogP contribution >= 0.6 is 0 Å². The van der Waals surface area contributed by atoms with E-state index in [-0.39, 0.29) is 43.5 Å². The predicted molar refractivity (Wildman–Crippen MR) is 219 cm³/mol. The molecule has 0 spiro atoms. The molecule has 3 N–H and O–H groups in total. The van der Waals surface area contributed by atoms with Crippen molar-refractivity contribution in [2.45, 2.75) is 133 Å². The van der Waals surface area contributed by atoms with Crippen molar-refractivity contribution in [2.24, 2.45) is 5.92 Å². The minimum atomic E-state index is -4.05. The number of fused-ring (bicyclic) bond motifs is 3. The van der Waals surface area contributed by atoms with Crippen LogP contribution in [0.3, 0.4) is 0 Å². The molecule has 0 unspecified atom stereocenters. The Labute approximate surface area is 353 Å². The maximum Gasteiger partial charge on any atom is 0.272 e. The number of amides is 4. The van der Waals surface area contributed by atoms with Gasteiger partial charge in [0.05, 0.1) is 30.0 Å². The number of alkyl halides is 2. The van der Waals surface area contributed by atoms with E-state index in [1.54, 1.807) is 32.2 Å². The average molecular weight is 870 g/mol. The van der Waals surface area contributed by atoms with Crippen LogP contribution in [0.5, 0.6) is 17.4 Å². The molecule has 3 fully saturated rings. The van der Waals surface area contributed by atoms with E-state index in [1.165, 1.54) is 17.2 Å². The monoisotopic (exact) mass is 869 g/mol. The maximum atomic E-state index is 14.8. The van der Waals surface area contributed by atoms with Gasteiger partial charge in [-0.05, 0) is 84.4 Å². The van der Waals surface area contributed by atoms with Gasteiger partial charge in [0.15, 0.2) is 0 Å². The Balaban J connectivity index is 1.23. The number of ether oxygens (including phenoxy) is 3. The van der Waals surface area contributed by atoms with Gasteiger partial charge in [-0.2, -0.15) is 5.10 Å². The molecule has 19 heteroatoms. The zero-order chi connectivity index (χ0) is 43.9. The average Bonchev–Trinajstić information content (AvgIpc) is 3.99. The lowest BCUT2D eigenvalue weighted by atomic mass is 10.0. The van der Waals surface area contributed by atoms with Crippen molar-refractivity contribution in [1.82, 2.24) is 35.0 Å². The van der Waals surface area contributed by atoms with E-state index in [0.717, 1.165) is 10.2 Å². The highest BCUT2D eigenvalue weighted by Crippen LogP contribution is 2.47. The number of nitrogens with zero attached hydrogens (tertiary/aromatic N) is 4. The lowest BCUT2D eigenvalue weighted by Gasteiger charge is -2.30. The van der Waals surface area contributed by atoms with Crippen LogP contribution in [0, 0.1) is 12.8 Å². The number of carbonyl (C=O) groups excluding carboxylic acids is 4. The number of methoxy groups -OCH3 is 1. The third-order valence-corrected chi connectivity index (χ3v) is 14.1. The van der Waals surface area contributed by atoms with Gasteiger partial charge in [-0.25, -0.2) is 22.2 Å². The second-order valence-corrected chi connectivity index (χ2v) is 19.2. The fourth-order valence-electron chi connectivity index (χ4n) is 8.06. The summed E-state index contributed by atoms with van der Waals surface area (Å²) >= 11 is 0. The molecule has 4 amide bonds. The zero-order valence-electron chi connectivity index (χ0n) is 34.9. The SMILES string of the molecule is COc1ccc2c(O[C@@H]3C[C@H]4C(=O)N[C@]5(C(=O)NS(=O)(=O)C6(C)CC6)C[C@H]5C=CCCCCC[C@H](NC(=O)c5ccn(CC(F)F)n5)C(=O)N4C3)cc(OC(C)C)nc2c1C. The van der Waals surface area contributed by atoms with Crippen LogP contribution in [0.2, 0.25) is 0 Å². The predicted octanol–water partition coefficient (Wildman–Crippen LogP) is 4.34. The summed E-state index contributed by atoms with van der Waals surface area (Å²) in [5.41, 5.74) is -0.459. The third-order valence-electron chi connectivity index (χ3n) is 12.0. The number of aryl methyl sites for hydroxylation is 1. The summed E-state index contributed by atoms with van der Waals surface area (Å²) in [7, 11) is -2.50. The summed E-state index contributed by atoms with van der Waals surface area (Å²) < 4.78 is 72.9. The Hall–Kier alpha value is -5.33. The van der Waals surface area contributed by atoms with Crippen molar-refractivity contribution >= 4 is 44.6 Å². The molecule has 16 nitrogen and oxygen atoms in total. The zero-order valence-corrected chi connectivity index (χ0v) is 35.7. The highest BCUT2D eigenvalue weighted by atomic mass is 32.2. The highest BCUT2D eigenvalue weighted by Gasteiger charge is 2.63. The first kappa shape index (κ1) is 43.7. The lowest BCUT2D eigenvalue weighted by Crippen LogP contribution is -2.58. The molecule has 330 valence electrons. The molecule has 3 aromatic rings. The molecular formula is C42H53F2N7O9S. The molecule has 2 aromatic heterocycles. The second kappa shape index (κ2) is 17.2. The van der Waals surface area contributed by atoms with Crippen LogP contribution in [0.25, 0.3) is 10.9 Å². The minimum absolute atomic E-state index is 0.0375. The first-order valence-corrected chi connectivity index (χ1v) is 22.2. The molecule has 0 radical (unpaired) electrons. The van der Waals surface area contributed by atoms with Crippen molar-refractivity contribution in [3.05, 3.63) is 53.9 Å². The topological polar surface area (TPSA) is 200 Å². The first-order valence-electron chi connectivity index (χ1n) is 20.7. The van der Waals surface area contributed by atoms with E-state index in [4.69, 9.17) is 19.2 Å². The van der Waals surface area contributed by atoms with Gasteiger partial charge in [0, 0.05) is 35.6 Å². The number of nitrogens with one attached hydrogen (secondary N) is 3. The molecule has 1 aromatic carbocycles. The number of benzene rings is 1. The van der Waals surface area contributed by atoms with Gasteiger partial charge in [-0.1, -0.05) is 25.0 Å². The van der Waals surface area contributed by atoms with Crippen molar-refractivity contribution in [3.8, 4) is 17.4 Å².